The van der Waals surface area contributed by atoms with Crippen LogP contribution in [0.3, 0.4) is 0 Å². The number of anilines is 2. The van der Waals surface area contributed by atoms with E-state index in [2.05, 4.69) is 20.6 Å². The minimum atomic E-state index is 0.768. The molecule has 0 spiro atoms. The van der Waals surface area contributed by atoms with Gasteiger partial charge >= 0.3 is 0 Å². The lowest BCUT2D eigenvalue weighted by molar-refractivity contribution is 0.742. The van der Waals surface area contributed by atoms with Crippen LogP contribution < -0.4 is 5.32 Å². The number of rotatable bonds is 3. The molecule has 0 aliphatic rings. The number of nitrogens with zero attached hydrogens (tertiary/aromatic N) is 4. The van der Waals surface area contributed by atoms with Crippen LogP contribution in [0.1, 0.15) is 5.69 Å². The average Bonchev–Trinajstić information content (AvgIpc) is 2.99. The highest BCUT2D eigenvalue weighted by molar-refractivity contribution is 7.18. The van der Waals surface area contributed by atoms with Crippen molar-refractivity contribution in [1.82, 2.24) is 20.0 Å². The first-order chi connectivity index (χ1) is 9.22. The van der Waals surface area contributed by atoms with Crippen molar-refractivity contribution in [3.8, 4) is 10.7 Å². The highest BCUT2D eigenvalue weighted by Crippen LogP contribution is 2.27. The topological polar surface area (TPSA) is 55.6 Å². The van der Waals surface area contributed by atoms with Gasteiger partial charge in [-0.1, -0.05) is 29.5 Å². The molecule has 0 fully saturated rings. The Bertz CT molecular complexity index is 667. The molecule has 0 saturated carbocycles. The SMILES string of the molecule is Cc1cc(-c2nnc(Nc3ccccc3)s2)nn1C. The smallest absolute Gasteiger partial charge is 0.210 e. The van der Waals surface area contributed by atoms with Crippen molar-refractivity contribution in [2.75, 3.05) is 5.32 Å². The molecule has 1 N–H and O–H groups in total. The summed E-state index contributed by atoms with van der Waals surface area (Å²) < 4.78 is 1.83. The predicted molar refractivity (Wildman–Crippen MR) is 76.6 cm³/mol. The lowest BCUT2D eigenvalue weighted by atomic mass is 10.3. The maximum atomic E-state index is 4.40. The molecular formula is C13H13N5S. The standard InChI is InChI=1S/C13H13N5S/c1-9-8-11(17-18(9)2)12-15-16-13(19-12)14-10-6-4-3-5-7-10/h3-8H,1-2H3,(H,14,16). The number of hydrogen-bond donors (Lipinski definition) is 1. The van der Waals surface area contributed by atoms with E-state index in [1.807, 2.05) is 55.1 Å². The second-order valence-electron chi connectivity index (χ2n) is 4.20. The second-order valence-corrected chi connectivity index (χ2v) is 5.18. The first-order valence-corrected chi connectivity index (χ1v) is 6.70. The molecule has 5 nitrogen and oxygen atoms in total. The molecule has 96 valence electrons. The molecule has 0 atom stereocenters. The van der Waals surface area contributed by atoms with Gasteiger partial charge in [-0.2, -0.15) is 5.10 Å². The molecule has 0 aliphatic carbocycles. The molecule has 0 unspecified atom stereocenters. The van der Waals surface area contributed by atoms with Crippen molar-refractivity contribution in [1.29, 1.82) is 0 Å². The predicted octanol–water partition coefficient (Wildman–Crippen LogP) is 2.99. The molecule has 0 bridgehead atoms. The fourth-order valence-electron chi connectivity index (χ4n) is 1.69. The Morgan fingerprint density at radius 1 is 1.16 bits per heavy atom. The molecule has 6 heteroatoms. The molecule has 2 heterocycles. The quantitative estimate of drug-likeness (QED) is 0.795. The number of para-hydroxylation sites is 1. The van der Waals surface area contributed by atoms with Gasteiger partial charge in [-0.15, -0.1) is 10.2 Å². The van der Waals surface area contributed by atoms with Gasteiger partial charge in [0.25, 0.3) is 0 Å². The minimum absolute atomic E-state index is 0.768. The van der Waals surface area contributed by atoms with Gasteiger partial charge < -0.3 is 5.32 Å². The first kappa shape index (κ1) is 11.9. The Labute approximate surface area is 114 Å². The summed E-state index contributed by atoms with van der Waals surface area (Å²) in [6.07, 6.45) is 0. The van der Waals surface area contributed by atoms with Crippen molar-refractivity contribution in [2.45, 2.75) is 6.92 Å². The van der Waals surface area contributed by atoms with Crippen molar-refractivity contribution < 1.29 is 0 Å². The van der Waals surface area contributed by atoms with Gasteiger partial charge in [0.2, 0.25) is 5.13 Å². The monoisotopic (exact) mass is 271 g/mol. The van der Waals surface area contributed by atoms with E-state index < -0.39 is 0 Å². The first-order valence-electron chi connectivity index (χ1n) is 5.89. The number of benzene rings is 1. The maximum absolute atomic E-state index is 4.40. The zero-order valence-corrected chi connectivity index (χ0v) is 11.5. The normalized spacial score (nSPS) is 10.6. The Morgan fingerprint density at radius 3 is 2.63 bits per heavy atom. The molecule has 19 heavy (non-hydrogen) atoms. The lowest BCUT2D eigenvalue weighted by Gasteiger charge is -1.99. The van der Waals surface area contributed by atoms with E-state index in [9.17, 15) is 0 Å². The van der Waals surface area contributed by atoms with Crippen LogP contribution in [0.5, 0.6) is 0 Å². The van der Waals surface area contributed by atoms with Crippen molar-refractivity contribution in [2.24, 2.45) is 7.05 Å². The number of hydrogen-bond acceptors (Lipinski definition) is 5. The molecule has 0 aliphatic heterocycles. The lowest BCUT2D eigenvalue weighted by Crippen LogP contribution is -1.92. The molecule has 0 amide bonds. The molecule has 0 saturated heterocycles. The van der Waals surface area contributed by atoms with Crippen molar-refractivity contribution in [3.05, 3.63) is 42.1 Å². The Hall–Kier alpha value is -2.21. The van der Waals surface area contributed by atoms with E-state index in [0.29, 0.717) is 0 Å². The van der Waals surface area contributed by atoms with Crippen LogP contribution in [0.4, 0.5) is 10.8 Å². The summed E-state index contributed by atoms with van der Waals surface area (Å²) in [6.45, 7) is 2.01. The highest BCUT2D eigenvalue weighted by atomic mass is 32.1. The Morgan fingerprint density at radius 2 is 1.95 bits per heavy atom. The molecule has 3 rings (SSSR count). The van der Waals surface area contributed by atoms with E-state index in [4.69, 9.17) is 0 Å². The van der Waals surface area contributed by atoms with Gasteiger partial charge in [-0.05, 0) is 25.1 Å². The molecule has 3 aromatic rings. The molecular weight excluding hydrogens is 258 g/mol. The summed E-state index contributed by atoms with van der Waals surface area (Å²) in [5.41, 5.74) is 2.96. The van der Waals surface area contributed by atoms with Gasteiger partial charge in [0.15, 0.2) is 5.01 Å². The fourth-order valence-corrected chi connectivity index (χ4v) is 2.41. The van der Waals surface area contributed by atoms with Gasteiger partial charge in [-0.25, -0.2) is 0 Å². The van der Waals surface area contributed by atoms with E-state index in [0.717, 1.165) is 27.2 Å². The number of aryl methyl sites for hydroxylation is 2. The van der Waals surface area contributed by atoms with E-state index in [1.165, 1.54) is 11.3 Å². The molecule has 1 aromatic carbocycles. The van der Waals surface area contributed by atoms with Crippen LogP contribution in [0.15, 0.2) is 36.4 Å². The second kappa shape index (κ2) is 4.81. The van der Waals surface area contributed by atoms with E-state index >= 15 is 0 Å². The molecule has 2 aromatic heterocycles. The average molecular weight is 271 g/mol. The van der Waals surface area contributed by atoms with Crippen molar-refractivity contribution in [3.63, 3.8) is 0 Å². The van der Waals surface area contributed by atoms with E-state index in [-0.39, 0.29) is 0 Å². The highest BCUT2D eigenvalue weighted by Gasteiger charge is 2.10. The van der Waals surface area contributed by atoms with Crippen LogP contribution >= 0.6 is 11.3 Å². The van der Waals surface area contributed by atoms with Crippen LogP contribution in [-0.4, -0.2) is 20.0 Å². The zero-order valence-electron chi connectivity index (χ0n) is 10.7. The van der Waals surface area contributed by atoms with Gasteiger partial charge in [0.05, 0.1) is 0 Å². The minimum Gasteiger partial charge on any atom is -0.330 e. The largest absolute Gasteiger partial charge is 0.330 e. The summed E-state index contributed by atoms with van der Waals surface area (Å²) in [6, 6.07) is 11.9. The van der Waals surface area contributed by atoms with Gasteiger partial charge in [0, 0.05) is 18.4 Å². The molecule has 0 radical (unpaired) electrons. The number of aromatic nitrogens is 4. The van der Waals surface area contributed by atoms with Gasteiger partial charge in [0.1, 0.15) is 5.69 Å². The summed E-state index contributed by atoms with van der Waals surface area (Å²) in [4.78, 5) is 0. The third-order valence-corrected chi connectivity index (χ3v) is 3.64. The number of nitrogens with one attached hydrogen (secondary N) is 1. The fraction of sp³-hybridized carbons (Fsp3) is 0.154. The van der Waals surface area contributed by atoms with Crippen LogP contribution in [0.25, 0.3) is 10.7 Å². The van der Waals surface area contributed by atoms with E-state index in [1.54, 1.807) is 0 Å². The Balaban J connectivity index is 1.83. The maximum Gasteiger partial charge on any atom is 0.210 e. The zero-order chi connectivity index (χ0) is 13.2. The van der Waals surface area contributed by atoms with Crippen LogP contribution in [0, 0.1) is 6.92 Å². The van der Waals surface area contributed by atoms with Crippen molar-refractivity contribution >= 4 is 22.2 Å². The summed E-state index contributed by atoms with van der Waals surface area (Å²) in [5, 5.41) is 17.5. The van der Waals surface area contributed by atoms with Crippen LogP contribution in [0.2, 0.25) is 0 Å². The van der Waals surface area contributed by atoms with Gasteiger partial charge in [-0.3, -0.25) is 4.68 Å². The summed E-state index contributed by atoms with van der Waals surface area (Å²) in [5.74, 6) is 0. The summed E-state index contributed by atoms with van der Waals surface area (Å²) in [7, 11) is 1.92. The third-order valence-electron chi connectivity index (χ3n) is 2.78. The Kier molecular flexibility index (Phi) is 3.00. The summed E-state index contributed by atoms with van der Waals surface area (Å²) >= 11 is 1.49. The van der Waals surface area contributed by atoms with Crippen LogP contribution in [-0.2, 0) is 7.05 Å². The third kappa shape index (κ3) is 2.48.